The molecule has 0 saturated carbocycles. The molecule has 0 aliphatic carbocycles. The third-order valence-electron chi connectivity index (χ3n) is 1.95. The first-order valence-corrected chi connectivity index (χ1v) is 5.18. The van der Waals surface area contributed by atoms with Gasteiger partial charge in [0.15, 0.2) is 5.17 Å². The number of aromatic nitrogens is 1. The van der Waals surface area contributed by atoms with Gasteiger partial charge in [-0.05, 0) is 24.1 Å². The number of hydrogen-bond donors (Lipinski definition) is 1. The zero-order chi connectivity index (χ0) is 9.10. The third kappa shape index (κ3) is 2.89. The van der Waals surface area contributed by atoms with Crippen LogP contribution in [0, 0.1) is 0 Å². The van der Waals surface area contributed by atoms with E-state index < -0.39 is 0 Å². The molecule has 1 aliphatic rings. The van der Waals surface area contributed by atoms with Crippen molar-refractivity contribution in [1.82, 2.24) is 4.98 Å². The van der Waals surface area contributed by atoms with E-state index in [0.29, 0.717) is 6.04 Å². The summed E-state index contributed by atoms with van der Waals surface area (Å²) in [6.45, 7) is 0. The van der Waals surface area contributed by atoms with Gasteiger partial charge in [-0.3, -0.25) is 9.98 Å². The highest BCUT2D eigenvalue weighted by atomic mass is 35.5. The second-order valence-corrected chi connectivity index (χ2v) is 4.03. The highest BCUT2D eigenvalue weighted by Crippen LogP contribution is 2.18. The topological polar surface area (TPSA) is 51.3 Å². The Bertz CT molecular complexity index is 315. The van der Waals surface area contributed by atoms with Crippen molar-refractivity contribution in [2.45, 2.75) is 12.5 Å². The summed E-state index contributed by atoms with van der Waals surface area (Å²) >= 11 is 1.64. The Hall–Kier alpha value is -0.740. The fourth-order valence-corrected chi connectivity index (χ4v) is 2.11. The first-order chi connectivity index (χ1) is 6.34. The normalized spacial score (nSPS) is 20.0. The second-order valence-electron chi connectivity index (χ2n) is 2.99. The Morgan fingerprint density at radius 2 is 2.14 bits per heavy atom. The molecule has 3 nitrogen and oxygen atoms in total. The van der Waals surface area contributed by atoms with Crippen LogP contribution in [0.25, 0.3) is 0 Å². The summed E-state index contributed by atoms with van der Waals surface area (Å²) in [5, 5.41) is 0.721. The number of aliphatic imine (C=N–C) groups is 1. The number of amidine groups is 1. The van der Waals surface area contributed by atoms with E-state index in [-0.39, 0.29) is 12.4 Å². The van der Waals surface area contributed by atoms with E-state index in [9.17, 15) is 0 Å². The molecule has 0 spiro atoms. The summed E-state index contributed by atoms with van der Waals surface area (Å²) in [6, 6.07) is 4.40. The molecule has 14 heavy (non-hydrogen) atoms. The average molecular weight is 230 g/mol. The van der Waals surface area contributed by atoms with Gasteiger partial charge < -0.3 is 5.73 Å². The predicted octanol–water partition coefficient (Wildman–Crippen LogP) is 1.48. The molecule has 0 bridgehead atoms. The molecule has 1 aliphatic heterocycles. The Balaban J connectivity index is 0.000000980. The van der Waals surface area contributed by atoms with Crippen LogP contribution in [0.2, 0.25) is 0 Å². The van der Waals surface area contributed by atoms with Gasteiger partial charge in [-0.25, -0.2) is 0 Å². The largest absolute Gasteiger partial charge is 0.379 e. The first-order valence-electron chi connectivity index (χ1n) is 4.19. The van der Waals surface area contributed by atoms with Gasteiger partial charge in [0.2, 0.25) is 0 Å². The fourth-order valence-electron chi connectivity index (χ4n) is 1.33. The lowest BCUT2D eigenvalue weighted by atomic mass is 10.1. The first kappa shape index (κ1) is 11.3. The van der Waals surface area contributed by atoms with Gasteiger partial charge >= 0.3 is 0 Å². The van der Waals surface area contributed by atoms with Crippen LogP contribution in [-0.4, -0.2) is 21.9 Å². The van der Waals surface area contributed by atoms with Crippen molar-refractivity contribution in [2.24, 2.45) is 10.7 Å². The summed E-state index contributed by atoms with van der Waals surface area (Å²) in [6.07, 6.45) is 4.59. The minimum absolute atomic E-state index is 0. The third-order valence-corrected chi connectivity index (χ3v) is 2.91. The van der Waals surface area contributed by atoms with Crippen molar-refractivity contribution in [3.8, 4) is 0 Å². The number of nitrogens with two attached hydrogens (primary N) is 1. The number of nitrogens with zero attached hydrogens (tertiary/aromatic N) is 2. The molecule has 2 heterocycles. The number of hydrogen-bond acceptors (Lipinski definition) is 4. The summed E-state index contributed by atoms with van der Waals surface area (Å²) in [7, 11) is 0. The lowest BCUT2D eigenvalue weighted by Gasteiger charge is -2.04. The molecular weight excluding hydrogens is 218 g/mol. The van der Waals surface area contributed by atoms with E-state index in [2.05, 4.69) is 9.98 Å². The smallest absolute Gasteiger partial charge is 0.154 e. The minimum atomic E-state index is 0. The number of thioether (sulfide) groups is 1. The van der Waals surface area contributed by atoms with E-state index in [4.69, 9.17) is 5.73 Å². The molecular formula is C9H12ClN3S. The predicted molar refractivity (Wildman–Crippen MR) is 63.1 cm³/mol. The zero-order valence-electron chi connectivity index (χ0n) is 7.59. The van der Waals surface area contributed by atoms with Crippen molar-refractivity contribution in [1.29, 1.82) is 0 Å². The number of rotatable bonds is 2. The molecule has 2 N–H and O–H groups in total. The highest BCUT2D eigenvalue weighted by Gasteiger charge is 2.15. The van der Waals surface area contributed by atoms with E-state index >= 15 is 0 Å². The van der Waals surface area contributed by atoms with Crippen LogP contribution < -0.4 is 5.73 Å². The summed E-state index contributed by atoms with van der Waals surface area (Å²) < 4.78 is 0. The molecule has 1 atom stereocenters. The van der Waals surface area contributed by atoms with Crippen molar-refractivity contribution < 1.29 is 0 Å². The Labute approximate surface area is 93.6 Å². The van der Waals surface area contributed by atoms with Gasteiger partial charge in [0, 0.05) is 18.1 Å². The maximum Gasteiger partial charge on any atom is 0.154 e. The SMILES string of the molecule is Cl.NC1=N[C@H](Cc2ccncc2)CS1. The van der Waals surface area contributed by atoms with E-state index in [1.165, 1.54) is 5.56 Å². The van der Waals surface area contributed by atoms with Gasteiger partial charge in [-0.2, -0.15) is 0 Å². The lowest BCUT2D eigenvalue weighted by Crippen LogP contribution is -2.08. The van der Waals surface area contributed by atoms with Crippen LogP contribution in [0.1, 0.15) is 5.56 Å². The summed E-state index contributed by atoms with van der Waals surface area (Å²) in [4.78, 5) is 8.29. The molecule has 0 unspecified atom stereocenters. The zero-order valence-corrected chi connectivity index (χ0v) is 9.22. The monoisotopic (exact) mass is 229 g/mol. The van der Waals surface area contributed by atoms with Crippen molar-refractivity contribution >= 4 is 29.3 Å². The molecule has 0 fully saturated rings. The second kappa shape index (κ2) is 5.22. The number of pyridine rings is 1. The highest BCUT2D eigenvalue weighted by molar-refractivity contribution is 8.14. The quantitative estimate of drug-likeness (QED) is 0.836. The maximum atomic E-state index is 5.58. The van der Waals surface area contributed by atoms with Crippen LogP contribution in [0.4, 0.5) is 0 Å². The molecule has 0 aromatic carbocycles. The maximum absolute atomic E-state index is 5.58. The Morgan fingerprint density at radius 3 is 2.71 bits per heavy atom. The van der Waals surface area contributed by atoms with E-state index in [1.54, 1.807) is 11.8 Å². The van der Waals surface area contributed by atoms with Crippen LogP contribution in [0.15, 0.2) is 29.5 Å². The minimum Gasteiger partial charge on any atom is -0.379 e. The molecule has 0 radical (unpaired) electrons. The lowest BCUT2D eigenvalue weighted by molar-refractivity contribution is 0.761. The molecule has 5 heteroatoms. The molecule has 76 valence electrons. The van der Waals surface area contributed by atoms with Gasteiger partial charge in [0.25, 0.3) is 0 Å². The standard InChI is InChI=1S/C9H11N3S.ClH/c10-9-12-8(6-13-9)5-7-1-3-11-4-2-7;/h1-4,8H,5-6H2,(H2,10,12);1H/t8-;/m1./s1. The average Bonchev–Trinajstić information content (AvgIpc) is 2.53. The summed E-state index contributed by atoms with van der Waals surface area (Å²) in [5.74, 6) is 1.01. The van der Waals surface area contributed by atoms with Crippen LogP contribution >= 0.6 is 24.2 Å². The van der Waals surface area contributed by atoms with Crippen LogP contribution in [-0.2, 0) is 6.42 Å². The van der Waals surface area contributed by atoms with Gasteiger partial charge in [-0.15, -0.1) is 12.4 Å². The van der Waals surface area contributed by atoms with Crippen molar-refractivity contribution in [2.75, 3.05) is 5.75 Å². The number of halogens is 1. The van der Waals surface area contributed by atoms with E-state index in [1.807, 2.05) is 24.5 Å². The van der Waals surface area contributed by atoms with Crippen molar-refractivity contribution in [3.05, 3.63) is 30.1 Å². The summed E-state index contributed by atoms with van der Waals surface area (Å²) in [5.41, 5.74) is 6.86. The van der Waals surface area contributed by atoms with E-state index in [0.717, 1.165) is 17.3 Å². The molecule has 1 aromatic rings. The van der Waals surface area contributed by atoms with Crippen LogP contribution in [0.5, 0.6) is 0 Å². The Kier molecular flexibility index (Phi) is 4.22. The van der Waals surface area contributed by atoms with Crippen LogP contribution in [0.3, 0.4) is 0 Å². The van der Waals surface area contributed by atoms with Gasteiger partial charge in [0.1, 0.15) is 0 Å². The van der Waals surface area contributed by atoms with Gasteiger partial charge in [-0.1, -0.05) is 11.8 Å². The molecule has 0 amide bonds. The van der Waals surface area contributed by atoms with Crippen molar-refractivity contribution in [3.63, 3.8) is 0 Å². The molecule has 2 rings (SSSR count). The molecule has 1 aromatic heterocycles. The molecule has 0 saturated heterocycles. The fraction of sp³-hybridized carbons (Fsp3) is 0.333. The van der Waals surface area contributed by atoms with Gasteiger partial charge in [0.05, 0.1) is 6.04 Å². The Morgan fingerprint density at radius 1 is 1.43 bits per heavy atom.